The predicted molar refractivity (Wildman–Crippen MR) is 127 cm³/mol. The van der Waals surface area contributed by atoms with Crippen LogP contribution in [0.15, 0.2) is 25.0 Å². The zero-order chi connectivity index (χ0) is 26.8. The normalized spacial score (nSPS) is 16.1. The number of aliphatic hydroxyl groups excluding tert-OH is 1. The number of aliphatic carboxylic acids is 1. The molecular formula is C22H34N8O6. The van der Waals surface area contributed by atoms with Crippen LogP contribution in [0.4, 0.5) is 0 Å². The monoisotopic (exact) mass is 506 g/mol. The van der Waals surface area contributed by atoms with E-state index in [-0.39, 0.29) is 18.8 Å². The number of imidazole rings is 2. The van der Waals surface area contributed by atoms with Crippen LogP contribution in [-0.2, 0) is 32.0 Å². The van der Waals surface area contributed by atoms with Crippen LogP contribution in [0.2, 0.25) is 0 Å². The quantitative estimate of drug-likeness (QED) is 0.144. The van der Waals surface area contributed by atoms with Crippen LogP contribution in [0.1, 0.15) is 38.6 Å². The van der Waals surface area contributed by atoms with Gasteiger partial charge < -0.3 is 41.9 Å². The maximum Gasteiger partial charge on any atom is 0.328 e. The number of nitrogens with zero attached hydrogens (tertiary/aromatic N) is 2. The summed E-state index contributed by atoms with van der Waals surface area (Å²) in [7, 11) is 0. The molecule has 0 aromatic carbocycles. The standard InChI is InChI=1S/C22H34N8O6/c1-4-11(2)17(29-19(32)15(23)5-13-7-24-9-26-13)21(34)28-16(6-14-8-25-10-27-14)20(33)30-18(12(3)31)22(35)36/h7-12,15-18,31H,4-6,23H2,1-3H3,(H,24,26)(H,25,27)(H,28,34)(H,29,32)(H,30,33)(H,35,36). The van der Waals surface area contributed by atoms with Gasteiger partial charge in [-0.25, -0.2) is 14.8 Å². The molecule has 2 aromatic rings. The molecule has 2 heterocycles. The molecular weight excluding hydrogens is 472 g/mol. The molecule has 2 aromatic heterocycles. The summed E-state index contributed by atoms with van der Waals surface area (Å²) in [5.74, 6) is -3.76. The van der Waals surface area contributed by atoms with Gasteiger partial charge in [-0.15, -0.1) is 0 Å². The first-order chi connectivity index (χ1) is 17.0. The van der Waals surface area contributed by atoms with Gasteiger partial charge in [0, 0.05) is 36.6 Å². The number of nitrogens with one attached hydrogen (secondary N) is 5. The SMILES string of the molecule is CCC(C)C(NC(=O)C(N)Cc1cnc[nH]1)C(=O)NC(Cc1cnc[nH]1)C(=O)NC(C(=O)O)C(C)O. The number of hydrogen-bond acceptors (Lipinski definition) is 8. The second-order valence-corrected chi connectivity index (χ2v) is 8.67. The molecule has 198 valence electrons. The third kappa shape index (κ3) is 8.16. The van der Waals surface area contributed by atoms with Crippen molar-refractivity contribution in [1.29, 1.82) is 0 Å². The minimum atomic E-state index is -1.58. The van der Waals surface area contributed by atoms with Crippen LogP contribution < -0.4 is 21.7 Å². The van der Waals surface area contributed by atoms with Crippen molar-refractivity contribution in [3.05, 3.63) is 36.4 Å². The first-order valence-electron chi connectivity index (χ1n) is 11.6. The first-order valence-corrected chi connectivity index (χ1v) is 11.6. The lowest BCUT2D eigenvalue weighted by molar-refractivity contribution is -0.145. The highest BCUT2D eigenvalue weighted by atomic mass is 16.4. The highest BCUT2D eigenvalue weighted by Gasteiger charge is 2.33. The third-order valence-corrected chi connectivity index (χ3v) is 5.78. The number of aromatic amines is 2. The van der Waals surface area contributed by atoms with E-state index >= 15 is 0 Å². The van der Waals surface area contributed by atoms with E-state index in [1.807, 2.05) is 6.92 Å². The number of aromatic nitrogens is 4. The summed E-state index contributed by atoms with van der Waals surface area (Å²) < 4.78 is 0. The smallest absolute Gasteiger partial charge is 0.328 e. The summed E-state index contributed by atoms with van der Waals surface area (Å²) >= 11 is 0. The molecule has 0 aliphatic heterocycles. The lowest BCUT2D eigenvalue weighted by Crippen LogP contribution is -2.60. The zero-order valence-corrected chi connectivity index (χ0v) is 20.4. The van der Waals surface area contributed by atoms with E-state index in [0.717, 1.165) is 0 Å². The van der Waals surface area contributed by atoms with Gasteiger partial charge in [-0.3, -0.25) is 14.4 Å². The summed E-state index contributed by atoms with van der Waals surface area (Å²) in [5.41, 5.74) is 7.17. The molecule has 3 amide bonds. The topological polar surface area (TPSA) is 228 Å². The molecule has 0 fully saturated rings. The molecule has 0 spiro atoms. The summed E-state index contributed by atoms with van der Waals surface area (Å²) in [6.45, 7) is 4.84. The fraction of sp³-hybridized carbons (Fsp3) is 0.545. The first kappa shape index (κ1) is 28.5. The average Bonchev–Trinajstić information content (AvgIpc) is 3.53. The molecule has 36 heavy (non-hydrogen) atoms. The van der Waals surface area contributed by atoms with Crippen LogP contribution in [0.3, 0.4) is 0 Å². The van der Waals surface area contributed by atoms with E-state index in [0.29, 0.717) is 17.8 Å². The number of H-pyrrole nitrogens is 2. The molecule has 2 rings (SSSR count). The Morgan fingerprint density at radius 1 is 0.917 bits per heavy atom. The third-order valence-electron chi connectivity index (χ3n) is 5.78. The lowest BCUT2D eigenvalue weighted by atomic mass is 9.97. The molecule has 9 N–H and O–H groups in total. The molecule has 6 atom stereocenters. The van der Waals surface area contributed by atoms with Crippen molar-refractivity contribution in [2.45, 2.75) is 70.3 Å². The van der Waals surface area contributed by atoms with Crippen LogP contribution >= 0.6 is 0 Å². The Morgan fingerprint density at radius 2 is 1.47 bits per heavy atom. The van der Waals surface area contributed by atoms with E-state index in [2.05, 4.69) is 35.9 Å². The van der Waals surface area contributed by atoms with Gasteiger partial charge >= 0.3 is 5.97 Å². The number of carbonyl (C=O) groups is 4. The number of aliphatic hydroxyl groups is 1. The van der Waals surface area contributed by atoms with Crippen LogP contribution in [0.25, 0.3) is 0 Å². The number of carboxylic acid groups (broad SMARTS) is 1. The summed E-state index contributed by atoms with van der Waals surface area (Å²) in [6, 6.07) is -4.76. The molecule has 0 aliphatic rings. The van der Waals surface area contributed by atoms with Crippen molar-refractivity contribution in [2.75, 3.05) is 0 Å². The summed E-state index contributed by atoms with van der Waals surface area (Å²) in [6.07, 6.45) is 5.16. The van der Waals surface area contributed by atoms with Gasteiger partial charge in [0.1, 0.15) is 12.1 Å². The van der Waals surface area contributed by atoms with Gasteiger partial charge in [0.2, 0.25) is 17.7 Å². The van der Waals surface area contributed by atoms with E-state index < -0.39 is 54.0 Å². The summed E-state index contributed by atoms with van der Waals surface area (Å²) in [4.78, 5) is 63.8. The molecule has 14 nitrogen and oxygen atoms in total. The number of carbonyl (C=O) groups excluding carboxylic acids is 3. The lowest BCUT2D eigenvalue weighted by Gasteiger charge is -2.28. The Labute approximate surface area is 207 Å². The van der Waals surface area contributed by atoms with E-state index in [1.54, 1.807) is 13.1 Å². The Hall–Kier alpha value is -3.78. The number of amides is 3. The van der Waals surface area contributed by atoms with Gasteiger partial charge in [-0.2, -0.15) is 0 Å². The highest BCUT2D eigenvalue weighted by molar-refractivity contribution is 5.94. The van der Waals surface area contributed by atoms with E-state index in [1.165, 1.54) is 25.8 Å². The van der Waals surface area contributed by atoms with Crippen molar-refractivity contribution in [3.63, 3.8) is 0 Å². The van der Waals surface area contributed by atoms with Crippen LogP contribution in [-0.4, -0.2) is 84.1 Å². The predicted octanol–water partition coefficient (Wildman–Crippen LogP) is -1.79. The molecule has 14 heteroatoms. The Morgan fingerprint density at radius 3 is 1.94 bits per heavy atom. The average molecular weight is 507 g/mol. The van der Waals surface area contributed by atoms with E-state index in [4.69, 9.17) is 5.73 Å². The van der Waals surface area contributed by atoms with Gasteiger partial charge in [-0.05, 0) is 12.8 Å². The van der Waals surface area contributed by atoms with E-state index in [9.17, 15) is 29.4 Å². The molecule has 0 aliphatic carbocycles. The number of nitrogens with two attached hydrogens (primary N) is 1. The molecule has 0 saturated carbocycles. The second kappa shape index (κ2) is 13.3. The highest BCUT2D eigenvalue weighted by Crippen LogP contribution is 2.10. The minimum absolute atomic E-state index is 0.0375. The van der Waals surface area contributed by atoms with Gasteiger partial charge in [0.15, 0.2) is 6.04 Å². The molecule has 0 saturated heterocycles. The van der Waals surface area contributed by atoms with Gasteiger partial charge in [0.05, 0.1) is 24.8 Å². The van der Waals surface area contributed by atoms with Crippen molar-refractivity contribution in [1.82, 2.24) is 35.9 Å². The number of carboxylic acids is 1. The maximum absolute atomic E-state index is 13.3. The largest absolute Gasteiger partial charge is 0.480 e. The molecule has 6 unspecified atom stereocenters. The van der Waals surface area contributed by atoms with Crippen molar-refractivity contribution in [2.24, 2.45) is 11.7 Å². The van der Waals surface area contributed by atoms with Gasteiger partial charge in [0.25, 0.3) is 0 Å². The summed E-state index contributed by atoms with van der Waals surface area (Å²) in [5, 5.41) is 26.5. The number of rotatable bonds is 14. The molecule has 0 radical (unpaired) electrons. The second-order valence-electron chi connectivity index (χ2n) is 8.67. The minimum Gasteiger partial charge on any atom is -0.480 e. The Kier molecular flexibility index (Phi) is 10.5. The fourth-order valence-electron chi connectivity index (χ4n) is 3.42. The number of hydrogen-bond donors (Lipinski definition) is 8. The van der Waals surface area contributed by atoms with Gasteiger partial charge in [-0.1, -0.05) is 20.3 Å². The van der Waals surface area contributed by atoms with Crippen molar-refractivity contribution >= 4 is 23.7 Å². The van der Waals surface area contributed by atoms with Crippen molar-refractivity contribution in [3.8, 4) is 0 Å². The maximum atomic E-state index is 13.3. The van der Waals surface area contributed by atoms with Crippen LogP contribution in [0, 0.1) is 5.92 Å². The molecule has 0 bridgehead atoms. The fourth-order valence-corrected chi connectivity index (χ4v) is 3.42. The Bertz CT molecular complexity index is 994. The van der Waals surface area contributed by atoms with Crippen LogP contribution in [0.5, 0.6) is 0 Å². The zero-order valence-electron chi connectivity index (χ0n) is 20.4. The Balaban J connectivity index is 2.18. The van der Waals surface area contributed by atoms with Crippen molar-refractivity contribution < 1.29 is 29.4 Å².